The average molecular weight is 459 g/mol. The van der Waals surface area contributed by atoms with Crippen LogP contribution in [0.5, 0.6) is 0 Å². The molecule has 0 aliphatic carbocycles. The highest BCUT2D eigenvalue weighted by atomic mass is 127. The van der Waals surface area contributed by atoms with Gasteiger partial charge in [0.1, 0.15) is 6.04 Å². The van der Waals surface area contributed by atoms with Crippen molar-refractivity contribution in [1.82, 2.24) is 4.72 Å². The molecule has 2 N–H and O–H groups in total. The molecule has 7 heteroatoms. The molecule has 24 heavy (non-hydrogen) atoms. The molecule has 5 nitrogen and oxygen atoms in total. The van der Waals surface area contributed by atoms with Gasteiger partial charge >= 0.3 is 5.97 Å². The van der Waals surface area contributed by atoms with E-state index >= 15 is 0 Å². The maximum atomic E-state index is 12.4. The quantitative estimate of drug-likeness (QED) is 0.650. The normalized spacial score (nSPS) is 13.0. The first-order chi connectivity index (χ1) is 11.2. The van der Waals surface area contributed by atoms with E-state index < -0.39 is 22.0 Å². The zero-order chi connectivity index (χ0) is 17.9. The van der Waals surface area contributed by atoms with Crippen LogP contribution in [0.3, 0.4) is 0 Å². The molecular weight excluding hydrogens is 441 g/mol. The van der Waals surface area contributed by atoms with Crippen molar-refractivity contribution in [2.24, 2.45) is 5.92 Å². The number of nitrogens with one attached hydrogen (secondary N) is 1. The minimum absolute atomic E-state index is 0.0451. The number of carboxylic acid groups (broad SMARTS) is 1. The maximum Gasteiger partial charge on any atom is 0.322 e. The highest BCUT2D eigenvalue weighted by Crippen LogP contribution is 2.22. The van der Waals surface area contributed by atoms with Gasteiger partial charge in [-0.2, -0.15) is 4.72 Å². The predicted octanol–water partition coefficient (Wildman–Crippen LogP) is 3.35. The third kappa shape index (κ3) is 4.55. The first-order valence-corrected chi connectivity index (χ1v) is 9.88. The van der Waals surface area contributed by atoms with Gasteiger partial charge in [-0.1, -0.05) is 38.1 Å². The van der Waals surface area contributed by atoms with Gasteiger partial charge in [0, 0.05) is 3.57 Å². The molecule has 0 radical (unpaired) electrons. The molecule has 0 fully saturated rings. The summed E-state index contributed by atoms with van der Waals surface area (Å²) in [4.78, 5) is 11.2. The molecule has 0 aliphatic rings. The van der Waals surface area contributed by atoms with Gasteiger partial charge in [-0.15, -0.1) is 0 Å². The van der Waals surface area contributed by atoms with Crippen LogP contribution in [-0.4, -0.2) is 25.5 Å². The van der Waals surface area contributed by atoms with Crippen LogP contribution in [0.25, 0.3) is 11.1 Å². The Kier molecular flexibility index (Phi) is 6.00. The van der Waals surface area contributed by atoms with E-state index in [1.54, 1.807) is 26.0 Å². The fraction of sp³-hybridized carbons (Fsp3) is 0.235. The number of carbonyl (C=O) groups is 1. The topological polar surface area (TPSA) is 83.5 Å². The second-order valence-electron chi connectivity index (χ2n) is 5.71. The monoisotopic (exact) mass is 459 g/mol. The van der Waals surface area contributed by atoms with E-state index in [9.17, 15) is 13.2 Å². The summed E-state index contributed by atoms with van der Waals surface area (Å²) in [6, 6.07) is 13.1. The van der Waals surface area contributed by atoms with Gasteiger partial charge in [-0.3, -0.25) is 4.79 Å². The predicted molar refractivity (Wildman–Crippen MR) is 101 cm³/mol. The summed E-state index contributed by atoms with van der Waals surface area (Å²) in [5, 5.41) is 9.14. The molecule has 0 bridgehead atoms. The molecule has 0 saturated heterocycles. The summed E-state index contributed by atoms with van der Waals surface area (Å²) < 4.78 is 28.1. The summed E-state index contributed by atoms with van der Waals surface area (Å²) >= 11 is 2.22. The van der Waals surface area contributed by atoms with E-state index in [0.29, 0.717) is 0 Å². The Morgan fingerprint density at radius 1 is 1.00 bits per heavy atom. The minimum Gasteiger partial charge on any atom is -0.480 e. The van der Waals surface area contributed by atoms with Gasteiger partial charge < -0.3 is 5.11 Å². The Balaban J connectivity index is 2.26. The van der Waals surface area contributed by atoms with Crippen molar-refractivity contribution in [3.8, 4) is 11.1 Å². The molecule has 0 amide bonds. The van der Waals surface area contributed by atoms with Crippen molar-refractivity contribution in [3.05, 3.63) is 52.1 Å². The number of hydrogen-bond donors (Lipinski definition) is 2. The summed E-state index contributed by atoms with van der Waals surface area (Å²) in [5.74, 6) is -1.55. The molecule has 0 heterocycles. The standard InChI is InChI=1S/C17H18INO4S/c1-11(2)16(17(20)21)19-24(22,23)15-9-5-13(6-10-15)12-3-7-14(18)8-4-12/h3-11,16,19H,1-2H3,(H,20,21). The lowest BCUT2D eigenvalue weighted by molar-refractivity contribution is -0.140. The first kappa shape index (κ1) is 18.9. The number of sulfonamides is 1. The van der Waals surface area contributed by atoms with Gasteiger partial charge in [-0.25, -0.2) is 8.42 Å². The molecule has 0 aromatic heterocycles. The van der Waals surface area contributed by atoms with Crippen LogP contribution in [0.4, 0.5) is 0 Å². The van der Waals surface area contributed by atoms with Crippen molar-refractivity contribution >= 4 is 38.6 Å². The van der Waals surface area contributed by atoms with Crippen molar-refractivity contribution in [1.29, 1.82) is 0 Å². The van der Waals surface area contributed by atoms with Crippen LogP contribution in [0.1, 0.15) is 13.8 Å². The average Bonchev–Trinajstić information content (AvgIpc) is 2.53. The summed E-state index contributed by atoms with van der Waals surface area (Å²) in [6.45, 7) is 3.31. The molecule has 0 spiro atoms. The van der Waals surface area contributed by atoms with Crippen molar-refractivity contribution in [2.75, 3.05) is 0 Å². The van der Waals surface area contributed by atoms with Crippen molar-refractivity contribution in [2.45, 2.75) is 24.8 Å². The Bertz CT molecular complexity index is 815. The van der Waals surface area contributed by atoms with Crippen LogP contribution < -0.4 is 4.72 Å². The number of rotatable bonds is 6. The molecule has 2 aromatic rings. The Morgan fingerprint density at radius 2 is 1.46 bits per heavy atom. The lowest BCUT2D eigenvalue weighted by Crippen LogP contribution is -2.44. The Hall–Kier alpha value is -1.45. The minimum atomic E-state index is -3.89. The van der Waals surface area contributed by atoms with Crippen LogP contribution in [0.15, 0.2) is 53.4 Å². The zero-order valence-corrected chi connectivity index (χ0v) is 16.2. The van der Waals surface area contributed by atoms with Crippen LogP contribution in [0.2, 0.25) is 0 Å². The van der Waals surface area contributed by atoms with E-state index in [4.69, 9.17) is 5.11 Å². The second-order valence-corrected chi connectivity index (χ2v) is 8.67. The molecular formula is C17H18INO4S. The van der Waals surface area contributed by atoms with E-state index in [2.05, 4.69) is 27.3 Å². The Morgan fingerprint density at radius 3 is 1.88 bits per heavy atom. The first-order valence-electron chi connectivity index (χ1n) is 7.32. The largest absolute Gasteiger partial charge is 0.480 e. The summed E-state index contributed by atoms with van der Waals surface area (Å²) in [7, 11) is -3.89. The molecule has 1 unspecified atom stereocenters. The van der Waals surface area contributed by atoms with Crippen molar-refractivity contribution < 1.29 is 18.3 Å². The maximum absolute atomic E-state index is 12.4. The molecule has 1 atom stereocenters. The number of halogens is 1. The van der Waals surface area contributed by atoms with E-state index in [-0.39, 0.29) is 10.8 Å². The molecule has 2 aromatic carbocycles. The number of hydrogen-bond acceptors (Lipinski definition) is 3. The third-order valence-corrected chi connectivity index (χ3v) is 5.73. The van der Waals surface area contributed by atoms with Gasteiger partial charge in [0.2, 0.25) is 10.0 Å². The smallest absolute Gasteiger partial charge is 0.322 e. The van der Waals surface area contributed by atoms with Crippen LogP contribution in [-0.2, 0) is 14.8 Å². The number of carboxylic acids is 1. The van der Waals surface area contributed by atoms with Crippen LogP contribution >= 0.6 is 22.6 Å². The van der Waals surface area contributed by atoms with E-state index in [1.807, 2.05) is 24.3 Å². The SMILES string of the molecule is CC(C)C(NS(=O)(=O)c1ccc(-c2ccc(I)cc2)cc1)C(=O)O. The van der Waals surface area contributed by atoms with Gasteiger partial charge in [-0.05, 0) is 63.9 Å². The van der Waals surface area contributed by atoms with Gasteiger partial charge in [0.05, 0.1) is 4.90 Å². The summed E-state index contributed by atoms with van der Waals surface area (Å²) in [5.41, 5.74) is 1.88. The lowest BCUT2D eigenvalue weighted by Gasteiger charge is -2.18. The second kappa shape index (κ2) is 7.62. The highest BCUT2D eigenvalue weighted by Gasteiger charge is 2.27. The lowest BCUT2D eigenvalue weighted by atomic mass is 10.1. The van der Waals surface area contributed by atoms with E-state index in [0.717, 1.165) is 14.7 Å². The van der Waals surface area contributed by atoms with Gasteiger partial charge in [0.25, 0.3) is 0 Å². The molecule has 2 rings (SSSR count). The third-order valence-electron chi connectivity index (χ3n) is 3.56. The molecule has 0 aliphatic heterocycles. The van der Waals surface area contributed by atoms with E-state index in [1.165, 1.54) is 12.1 Å². The fourth-order valence-corrected chi connectivity index (χ4v) is 3.87. The Labute approximate surface area is 155 Å². The van der Waals surface area contributed by atoms with Crippen LogP contribution in [0, 0.1) is 9.49 Å². The number of benzene rings is 2. The summed E-state index contributed by atoms with van der Waals surface area (Å²) in [6.07, 6.45) is 0. The number of aliphatic carboxylic acids is 1. The molecule has 0 saturated carbocycles. The molecule has 128 valence electrons. The van der Waals surface area contributed by atoms with Crippen molar-refractivity contribution in [3.63, 3.8) is 0 Å². The fourth-order valence-electron chi connectivity index (χ4n) is 2.18. The zero-order valence-electron chi connectivity index (χ0n) is 13.2. The van der Waals surface area contributed by atoms with Gasteiger partial charge in [0.15, 0.2) is 0 Å². The highest BCUT2D eigenvalue weighted by molar-refractivity contribution is 14.1.